The van der Waals surface area contributed by atoms with Crippen molar-refractivity contribution in [3.63, 3.8) is 0 Å². The van der Waals surface area contributed by atoms with Crippen LogP contribution in [0.5, 0.6) is 5.75 Å². The number of benzene rings is 1. The number of nitrogens with zero attached hydrogens (tertiary/aromatic N) is 1. The van der Waals surface area contributed by atoms with Crippen LogP contribution in [-0.4, -0.2) is 37.2 Å². The van der Waals surface area contributed by atoms with E-state index in [1.807, 2.05) is 24.3 Å². The minimum absolute atomic E-state index is 0.0806. The van der Waals surface area contributed by atoms with E-state index in [1.165, 1.54) is 0 Å². The molecule has 2 atom stereocenters. The van der Waals surface area contributed by atoms with E-state index in [2.05, 4.69) is 11.9 Å². The molecule has 0 saturated carbocycles. The van der Waals surface area contributed by atoms with Crippen molar-refractivity contribution in [1.82, 2.24) is 0 Å². The van der Waals surface area contributed by atoms with Gasteiger partial charge in [-0.05, 0) is 24.6 Å². The zero-order chi connectivity index (χ0) is 13.9. The summed E-state index contributed by atoms with van der Waals surface area (Å²) in [7, 11) is 0. The van der Waals surface area contributed by atoms with Crippen molar-refractivity contribution in [3.8, 4) is 5.75 Å². The number of rotatable bonds is 4. The number of hydrogen-bond donors (Lipinski definition) is 0. The van der Waals surface area contributed by atoms with E-state index >= 15 is 0 Å². The van der Waals surface area contributed by atoms with Gasteiger partial charge < -0.3 is 14.2 Å². The van der Waals surface area contributed by atoms with Crippen LogP contribution in [0.3, 0.4) is 0 Å². The molecule has 0 bridgehead atoms. The van der Waals surface area contributed by atoms with E-state index in [1.54, 1.807) is 0 Å². The lowest BCUT2D eigenvalue weighted by molar-refractivity contribution is -0.151. The van der Waals surface area contributed by atoms with Gasteiger partial charge in [0.25, 0.3) is 0 Å². The Hall–Kier alpha value is -2.04. The number of ether oxygens (including phenoxy) is 3. The smallest absolute Gasteiger partial charge is 0.309 e. The molecule has 5 nitrogen and oxygen atoms in total. The second kappa shape index (κ2) is 5.53. The van der Waals surface area contributed by atoms with Crippen LogP contribution in [0.2, 0.25) is 0 Å². The molecule has 1 aromatic rings. The molecule has 20 heavy (non-hydrogen) atoms. The predicted octanol–water partition coefficient (Wildman–Crippen LogP) is 1.94. The van der Waals surface area contributed by atoms with Crippen molar-refractivity contribution in [2.75, 3.05) is 13.2 Å². The molecule has 2 heterocycles. The number of cyclic esters (lactones) is 1. The standard InChI is InChI=1S/C15H17NO4/c1-2-6-18-11-5-3-4-10(7-11)15-16-12-9-19-14(17)8-13(12)20-15/h3-5,7,12-13H,2,6,8-9H2,1H3. The molecule has 0 amide bonds. The number of fused-ring (bicyclic) bond motifs is 1. The second-order valence-electron chi connectivity index (χ2n) is 4.92. The van der Waals surface area contributed by atoms with Gasteiger partial charge in [0.1, 0.15) is 24.5 Å². The van der Waals surface area contributed by atoms with Gasteiger partial charge in [-0.1, -0.05) is 13.0 Å². The molecule has 0 aromatic heterocycles. The maximum Gasteiger partial charge on any atom is 0.309 e. The summed E-state index contributed by atoms with van der Waals surface area (Å²) in [6, 6.07) is 7.58. The van der Waals surface area contributed by atoms with Crippen LogP contribution in [0.15, 0.2) is 29.3 Å². The van der Waals surface area contributed by atoms with Gasteiger partial charge in [-0.15, -0.1) is 0 Å². The van der Waals surface area contributed by atoms with Crippen molar-refractivity contribution >= 4 is 11.9 Å². The van der Waals surface area contributed by atoms with Crippen LogP contribution in [0, 0.1) is 0 Å². The van der Waals surface area contributed by atoms with Gasteiger partial charge in [0, 0.05) is 5.56 Å². The first-order chi connectivity index (χ1) is 9.76. The van der Waals surface area contributed by atoms with Gasteiger partial charge in [-0.25, -0.2) is 4.99 Å². The fourth-order valence-corrected chi connectivity index (χ4v) is 2.29. The maximum atomic E-state index is 11.2. The second-order valence-corrected chi connectivity index (χ2v) is 4.92. The van der Waals surface area contributed by atoms with Crippen molar-refractivity contribution in [2.45, 2.75) is 31.9 Å². The molecule has 1 fully saturated rings. The van der Waals surface area contributed by atoms with Gasteiger partial charge in [0.2, 0.25) is 5.90 Å². The Kier molecular flexibility index (Phi) is 3.58. The third-order valence-corrected chi connectivity index (χ3v) is 3.31. The third-order valence-electron chi connectivity index (χ3n) is 3.31. The molecule has 2 aliphatic heterocycles. The SMILES string of the molecule is CCCOc1cccc(C2=NC3COC(=O)CC3O2)c1. The summed E-state index contributed by atoms with van der Waals surface area (Å²) >= 11 is 0. The predicted molar refractivity (Wildman–Crippen MR) is 73.0 cm³/mol. The summed E-state index contributed by atoms with van der Waals surface area (Å²) in [5, 5.41) is 0. The highest BCUT2D eigenvalue weighted by Crippen LogP contribution is 2.26. The summed E-state index contributed by atoms with van der Waals surface area (Å²) in [5.41, 5.74) is 0.875. The lowest BCUT2D eigenvalue weighted by Gasteiger charge is -2.21. The van der Waals surface area contributed by atoms with Crippen molar-refractivity contribution in [1.29, 1.82) is 0 Å². The minimum Gasteiger partial charge on any atom is -0.494 e. The molecule has 3 rings (SSSR count). The molecular weight excluding hydrogens is 258 g/mol. The Morgan fingerprint density at radius 3 is 3.20 bits per heavy atom. The summed E-state index contributed by atoms with van der Waals surface area (Å²) in [6.45, 7) is 3.05. The Bertz CT molecular complexity index is 540. The summed E-state index contributed by atoms with van der Waals surface area (Å²) in [6.07, 6.45) is 1.04. The van der Waals surface area contributed by atoms with Crippen molar-refractivity contribution < 1.29 is 19.0 Å². The Morgan fingerprint density at radius 2 is 2.35 bits per heavy atom. The molecule has 1 aromatic carbocycles. The first-order valence-corrected chi connectivity index (χ1v) is 6.89. The number of carbonyl (C=O) groups excluding carboxylic acids is 1. The average Bonchev–Trinajstić information content (AvgIpc) is 2.88. The third kappa shape index (κ3) is 2.61. The molecule has 0 N–H and O–H groups in total. The summed E-state index contributed by atoms with van der Waals surface area (Å²) in [5.74, 6) is 1.15. The Balaban J connectivity index is 1.75. The molecular formula is C15H17NO4. The molecule has 2 unspecified atom stereocenters. The van der Waals surface area contributed by atoms with Crippen LogP contribution in [0.4, 0.5) is 0 Å². The molecule has 106 valence electrons. The van der Waals surface area contributed by atoms with Gasteiger partial charge in [-0.2, -0.15) is 0 Å². The fourth-order valence-electron chi connectivity index (χ4n) is 2.29. The van der Waals surface area contributed by atoms with Crippen LogP contribution >= 0.6 is 0 Å². The summed E-state index contributed by atoms with van der Waals surface area (Å²) < 4.78 is 16.4. The topological polar surface area (TPSA) is 57.1 Å². The average molecular weight is 275 g/mol. The molecule has 0 spiro atoms. The van der Waals surface area contributed by atoms with E-state index in [0.717, 1.165) is 17.7 Å². The molecule has 2 aliphatic rings. The fraction of sp³-hybridized carbons (Fsp3) is 0.467. The normalized spacial score (nSPS) is 24.4. The minimum atomic E-state index is -0.220. The highest BCUT2D eigenvalue weighted by Gasteiger charge is 2.38. The zero-order valence-corrected chi connectivity index (χ0v) is 11.4. The Morgan fingerprint density at radius 1 is 1.45 bits per heavy atom. The van der Waals surface area contributed by atoms with Crippen LogP contribution in [-0.2, 0) is 14.3 Å². The van der Waals surface area contributed by atoms with Crippen LogP contribution in [0.25, 0.3) is 0 Å². The van der Waals surface area contributed by atoms with E-state index in [0.29, 0.717) is 19.1 Å². The molecule has 0 radical (unpaired) electrons. The lowest BCUT2D eigenvalue weighted by atomic mass is 10.1. The van der Waals surface area contributed by atoms with Gasteiger partial charge in [0.15, 0.2) is 0 Å². The number of esters is 1. The first-order valence-electron chi connectivity index (χ1n) is 6.89. The first kappa shape index (κ1) is 13.0. The molecule has 5 heteroatoms. The number of hydrogen-bond acceptors (Lipinski definition) is 5. The summed E-state index contributed by atoms with van der Waals surface area (Å²) in [4.78, 5) is 15.7. The highest BCUT2D eigenvalue weighted by molar-refractivity contribution is 5.96. The van der Waals surface area contributed by atoms with E-state index in [4.69, 9.17) is 14.2 Å². The number of carbonyl (C=O) groups is 1. The largest absolute Gasteiger partial charge is 0.494 e. The Labute approximate surface area is 117 Å². The monoisotopic (exact) mass is 275 g/mol. The van der Waals surface area contributed by atoms with E-state index in [9.17, 15) is 4.79 Å². The molecule has 1 saturated heterocycles. The maximum absolute atomic E-state index is 11.2. The van der Waals surface area contributed by atoms with E-state index in [-0.39, 0.29) is 24.5 Å². The molecule has 0 aliphatic carbocycles. The van der Waals surface area contributed by atoms with Crippen LogP contribution in [0.1, 0.15) is 25.3 Å². The van der Waals surface area contributed by atoms with Gasteiger partial charge in [-0.3, -0.25) is 4.79 Å². The van der Waals surface area contributed by atoms with Gasteiger partial charge in [0.05, 0.1) is 13.0 Å². The van der Waals surface area contributed by atoms with E-state index < -0.39 is 0 Å². The number of aliphatic imine (C=N–C) groups is 1. The van der Waals surface area contributed by atoms with Crippen molar-refractivity contribution in [3.05, 3.63) is 29.8 Å². The zero-order valence-electron chi connectivity index (χ0n) is 11.4. The quantitative estimate of drug-likeness (QED) is 0.788. The van der Waals surface area contributed by atoms with Crippen LogP contribution < -0.4 is 4.74 Å². The van der Waals surface area contributed by atoms with Gasteiger partial charge >= 0.3 is 5.97 Å². The lowest BCUT2D eigenvalue weighted by Crippen LogP contribution is -2.36. The highest BCUT2D eigenvalue weighted by atomic mass is 16.6. The van der Waals surface area contributed by atoms with Crippen molar-refractivity contribution in [2.24, 2.45) is 4.99 Å².